The third kappa shape index (κ3) is 2.89. The Morgan fingerprint density at radius 3 is 1.61 bits per heavy atom. The molecule has 2 heteroatoms. The second-order valence-corrected chi connectivity index (χ2v) is 4.99. The number of aliphatic hydroxyl groups excluding tert-OH is 1. The van der Waals surface area contributed by atoms with Gasteiger partial charge in [-0.05, 0) is 18.1 Å². The van der Waals surface area contributed by atoms with Crippen molar-refractivity contribution in [2.75, 3.05) is 0 Å². The quantitative estimate of drug-likeness (QED) is 0.900. The van der Waals surface area contributed by atoms with E-state index in [1.807, 2.05) is 60.7 Å². The fourth-order valence-corrected chi connectivity index (χ4v) is 2.32. The number of hydrogen-bond acceptors (Lipinski definition) is 1. The van der Waals surface area contributed by atoms with Crippen molar-refractivity contribution in [3.05, 3.63) is 76.3 Å². The van der Waals surface area contributed by atoms with Gasteiger partial charge in [-0.3, -0.25) is 0 Å². The molecule has 2 aromatic carbocycles. The molecule has 0 saturated carbocycles. The Morgan fingerprint density at radius 2 is 1.28 bits per heavy atom. The van der Waals surface area contributed by atoms with E-state index in [0.717, 1.165) is 21.2 Å². The normalized spacial score (nSPS) is 11.9. The van der Waals surface area contributed by atoms with E-state index in [4.69, 9.17) is 0 Å². The Balaban J connectivity index is 2.60. The van der Waals surface area contributed by atoms with Gasteiger partial charge in [0, 0.05) is 10.1 Å². The van der Waals surface area contributed by atoms with Crippen LogP contribution in [0, 0.1) is 0 Å². The molecule has 0 fully saturated rings. The summed E-state index contributed by atoms with van der Waals surface area (Å²) in [6.45, 7) is 1.76. The summed E-state index contributed by atoms with van der Waals surface area (Å²) < 4.78 is 0.805. The third-order valence-electron chi connectivity index (χ3n) is 2.73. The molecular weight excluding hydrogens is 288 g/mol. The minimum atomic E-state index is -0.527. The molecule has 2 aromatic rings. The van der Waals surface area contributed by atoms with Gasteiger partial charge in [0.15, 0.2) is 0 Å². The predicted octanol–water partition coefficient (Wildman–Crippen LogP) is 4.22. The van der Waals surface area contributed by atoms with Crippen LogP contribution in [0.1, 0.15) is 18.1 Å². The lowest BCUT2D eigenvalue weighted by molar-refractivity contribution is 0.242. The van der Waals surface area contributed by atoms with Gasteiger partial charge in [0.05, 0.1) is 6.10 Å². The number of hydrogen-bond donors (Lipinski definition) is 1. The van der Waals surface area contributed by atoms with Crippen molar-refractivity contribution in [3.8, 4) is 0 Å². The highest BCUT2D eigenvalue weighted by atomic mass is 79.9. The zero-order chi connectivity index (χ0) is 13.0. The molecule has 1 unspecified atom stereocenters. The molecule has 0 saturated heterocycles. The van der Waals surface area contributed by atoms with Crippen molar-refractivity contribution in [2.24, 2.45) is 0 Å². The van der Waals surface area contributed by atoms with Crippen LogP contribution in [-0.4, -0.2) is 11.2 Å². The first kappa shape index (κ1) is 13.1. The van der Waals surface area contributed by atoms with Crippen LogP contribution in [0.3, 0.4) is 0 Å². The number of benzene rings is 2. The maximum atomic E-state index is 9.81. The van der Waals surface area contributed by atoms with Crippen LogP contribution in [0.25, 0.3) is 5.57 Å². The van der Waals surface area contributed by atoms with E-state index in [0.29, 0.717) is 0 Å². The zero-order valence-electron chi connectivity index (χ0n) is 10.2. The number of aliphatic hydroxyl groups is 1. The van der Waals surface area contributed by atoms with Crippen LogP contribution in [0.15, 0.2) is 65.1 Å². The van der Waals surface area contributed by atoms with E-state index < -0.39 is 6.10 Å². The highest BCUT2D eigenvalue weighted by Crippen LogP contribution is 2.31. The van der Waals surface area contributed by atoms with E-state index in [2.05, 4.69) is 15.9 Å². The summed E-state index contributed by atoms with van der Waals surface area (Å²) in [7, 11) is 0. The molecule has 0 aliphatic rings. The minimum absolute atomic E-state index is 0.527. The molecule has 0 aromatic heterocycles. The summed E-state index contributed by atoms with van der Waals surface area (Å²) in [4.78, 5) is 0. The molecule has 0 bridgehead atoms. The molecular formula is C16H15BrO. The van der Waals surface area contributed by atoms with Gasteiger partial charge in [-0.15, -0.1) is 0 Å². The summed E-state index contributed by atoms with van der Waals surface area (Å²) in [6.07, 6.45) is -0.527. The van der Waals surface area contributed by atoms with Crippen molar-refractivity contribution in [3.63, 3.8) is 0 Å². The molecule has 0 amide bonds. The number of rotatable bonds is 3. The van der Waals surface area contributed by atoms with Gasteiger partial charge < -0.3 is 5.11 Å². The molecule has 0 spiro atoms. The summed E-state index contributed by atoms with van der Waals surface area (Å²) in [6, 6.07) is 20.2. The lowest BCUT2D eigenvalue weighted by Gasteiger charge is -2.14. The lowest BCUT2D eigenvalue weighted by Crippen LogP contribution is -2.03. The molecule has 1 N–H and O–H groups in total. The molecule has 1 nitrogen and oxygen atoms in total. The lowest BCUT2D eigenvalue weighted by atomic mass is 9.96. The Kier molecular flexibility index (Phi) is 4.34. The molecule has 18 heavy (non-hydrogen) atoms. The predicted molar refractivity (Wildman–Crippen MR) is 79.5 cm³/mol. The van der Waals surface area contributed by atoms with Crippen molar-refractivity contribution in [2.45, 2.75) is 13.0 Å². The van der Waals surface area contributed by atoms with Crippen LogP contribution in [0.5, 0.6) is 0 Å². The Morgan fingerprint density at radius 1 is 0.889 bits per heavy atom. The molecule has 2 rings (SSSR count). The molecule has 0 aliphatic carbocycles. The average Bonchev–Trinajstić information content (AvgIpc) is 2.41. The van der Waals surface area contributed by atoms with Crippen molar-refractivity contribution < 1.29 is 5.11 Å². The van der Waals surface area contributed by atoms with Crippen LogP contribution < -0.4 is 0 Å². The first-order chi connectivity index (χ1) is 8.70. The SMILES string of the molecule is CC(O)C(Br)=C(c1ccccc1)c1ccccc1. The Labute approximate surface area is 116 Å². The van der Waals surface area contributed by atoms with E-state index in [9.17, 15) is 5.11 Å². The van der Waals surface area contributed by atoms with Gasteiger partial charge in [0.1, 0.15) is 0 Å². The number of halogens is 1. The van der Waals surface area contributed by atoms with E-state index in [1.165, 1.54) is 0 Å². The first-order valence-corrected chi connectivity index (χ1v) is 6.68. The average molecular weight is 303 g/mol. The van der Waals surface area contributed by atoms with Crippen LogP contribution >= 0.6 is 15.9 Å². The van der Waals surface area contributed by atoms with E-state index in [1.54, 1.807) is 6.92 Å². The fourth-order valence-electron chi connectivity index (χ4n) is 1.86. The van der Waals surface area contributed by atoms with Crippen molar-refractivity contribution in [1.82, 2.24) is 0 Å². The van der Waals surface area contributed by atoms with Crippen LogP contribution in [0.2, 0.25) is 0 Å². The van der Waals surface area contributed by atoms with Crippen molar-refractivity contribution in [1.29, 1.82) is 0 Å². The Hall–Kier alpha value is -1.38. The molecule has 1 atom stereocenters. The summed E-state index contributed by atoms with van der Waals surface area (Å²) in [5, 5.41) is 9.81. The van der Waals surface area contributed by atoms with Gasteiger partial charge in [0.25, 0.3) is 0 Å². The second kappa shape index (κ2) is 5.98. The monoisotopic (exact) mass is 302 g/mol. The maximum Gasteiger partial charge on any atom is 0.0832 e. The fraction of sp³-hybridized carbons (Fsp3) is 0.125. The second-order valence-electron chi connectivity index (χ2n) is 4.13. The summed E-state index contributed by atoms with van der Waals surface area (Å²) in [5.74, 6) is 0. The van der Waals surface area contributed by atoms with Gasteiger partial charge in [-0.25, -0.2) is 0 Å². The summed E-state index contributed by atoms with van der Waals surface area (Å²) >= 11 is 3.51. The first-order valence-electron chi connectivity index (χ1n) is 5.88. The minimum Gasteiger partial charge on any atom is -0.388 e. The third-order valence-corrected chi connectivity index (χ3v) is 3.79. The van der Waals surface area contributed by atoms with Gasteiger partial charge >= 0.3 is 0 Å². The topological polar surface area (TPSA) is 20.2 Å². The van der Waals surface area contributed by atoms with Crippen molar-refractivity contribution >= 4 is 21.5 Å². The Bertz CT molecular complexity index is 488. The van der Waals surface area contributed by atoms with E-state index in [-0.39, 0.29) is 0 Å². The zero-order valence-corrected chi connectivity index (χ0v) is 11.8. The highest BCUT2D eigenvalue weighted by molar-refractivity contribution is 9.11. The largest absolute Gasteiger partial charge is 0.388 e. The smallest absolute Gasteiger partial charge is 0.0832 e. The van der Waals surface area contributed by atoms with Crippen LogP contribution in [0.4, 0.5) is 0 Å². The maximum absolute atomic E-state index is 9.81. The highest BCUT2D eigenvalue weighted by Gasteiger charge is 2.13. The van der Waals surface area contributed by atoms with Gasteiger partial charge in [-0.1, -0.05) is 76.6 Å². The molecule has 0 heterocycles. The van der Waals surface area contributed by atoms with E-state index >= 15 is 0 Å². The molecule has 0 radical (unpaired) electrons. The standard InChI is InChI=1S/C16H15BrO/c1-12(18)16(17)15(13-8-4-2-5-9-13)14-10-6-3-7-11-14/h2-12,18H,1H3. The molecule has 0 aliphatic heterocycles. The summed E-state index contributed by atoms with van der Waals surface area (Å²) in [5.41, 5.74) is 3.22. The van der Waals surface area contributed by atoms with Crippen LogP contribution in [-0.2, 0) is 0 Å². The molecule has 92 valence electrons. The van der Waals surface area contributed by atoms with Gasteiger partial charge in [-0.2, -0.15) is 0 Å². The van der Waals surface area contributed by atoms with Gasteiger partial charge in [0.2, 0.25) is 0 Å².